The summed E-state index contributed by atoms with van der Waals surface area (Å²) in [6.45, 7) is 1.10. The van der Waals surface area contributed by atoms with Crippen molar-refractivity contribution in [3.8, 4) is 0 Å². The van der Waals surface area contributed by atoms with Crippen LogP contribution in [0.3, 0.4) is 0 Å². The van der Waals surface area contributed by atoms with Gasteiger partial charge in [0.2, 0.25) is 0 Å². The molecule has 2 unspecified atom stereocenters. The van der Waals surface area contributed by atoms with Crippen molar-refractivity contribution in [2.24, 2.45) is 18.9 Å². The summed E-state index contributed by atoms with van der Waals surface area (Å²) in [4.78, 5) is 0. The van der Waals surface area contributed by atoms with Gasteiger partial charge in [-0.3, -0.25) is 4.68 Å². The first kappa shape index (κ1) is 15.1. The molecule has 2 saturated carbocycles. The molecular weight excluding hydrogens is 258 g/mol. The number of nitrogens with zero attached hydrogens (tertiary/aromatic N) is 2. The Kier molecular flexibility index (Phi) is 5.34. The van der Waals surface area contributed by atoms with Crippen LogP contribution in [0.5, 0.6) is 0 Å². The molecule has 1 aromatic heterocycles. The first-order valence-electron chi connectivity index (χ1n) is 9.05. The van der Waals surface area contributed by atoms with E-state index in [0.29, 0.717) is 0 Å². The van der Waals surface area contributed by atoms with E-state index >= 15 is 0 Å². The monoisotopic (exact) mass is 289 g/mol. The number of aromatic nitrogens is 2. The molecule has 1 N–H and O–H groups in total. The topological polar surface area (TPSA) is 29.9 Å². The van der Waals surface area contributed by atoms with Crippen LogP contribution in [0, 0.1) is 11.8 Å². The van der Waals surface area contributed by atoms with E-state index in [2.05, 4.69) is 16.5 Å². The second kappa shape index (κ2) is 7.44. The number of aryl methyl sites for hydroxylation is 1. The molecule has 2 aliphatic rings. The summed E-state index contributed by atoms with van der Waals surface area (Å²) in [6.07, 6.45) is 16.2. The summed E-state index contributed by atoms with van der Waals surface area (Å²) in [5, 5.41) is 8.15. The van der Waals surface area contributed by atoms with Gasteiger partial charge in [0.15, 0.2) is 0 Å². The lowest BCUT2D eigenvalue weighted by Gasteiger charge is -2.39. The maximum Gasteiger partial charge on any atom is 0.0492 e. The minimum Gasteiger partial charge on any atom is -0.313 e. The van der Waals surface area contributed by atoms with Gasteiger partial charge >= 0.3 is 0 Å². The van der Waals surface area contributed by atoms with Crippen LogP contribution >= 0.6 is 0 Å². The second-order valence-corrected chi connectivity index (χ2v) is 7.10. The molecule has 2 atom stereocenters. The lowest BCUT2D eigenvalue weighted by molar-refractivity contribution is 0.150. The minimum atomic E-state index is 0.773. The molecule has 0 saturated heterocycles. The molecule has 3 heteroatoms. The quantitative estimate of drug-likeness (QED) is 0.896. The predicted octanol–water partition coefficient (Wildman–Crippen LogP) is 3.69. The Labute approximate surface area is 129 Å². The van der Waals surface area contributed by atoms with Crippen molar-refractivity contribution in [1.29, 1.82) is 0 Å². The van der Waals surface area contributed by atoms with Gasteiger partial charge in [-0.15, -0.1) is 0 Å². The van der Waals surface area contributed by atoms with Crippen molar-refractivity contribution >= 4 is 0 Å². The smallest absolute Gasteiger partial charge is 0.0492 e. The van der Waals surface area contributed by atoms with E-state index < -0.39 is 0 Å². The lowest BCUT2D eigenvalue weighted by atomic mass is 9.71. The molecule has 3 nitrogen and oxygen atoms in total. The maximum absolute atomic E-state index is 4.26. The SMILES string of the molecule is Cn1nccc1CCNC1CCCCC1C1CCCCC1. The highest BCUT2D eigenvalue weighted by Crippen LogP contribution is 2.38. The van der Waals surface area contributed by atoms with Crippen LogP contribution < -0.4 is 5.32 Å². The third-order valence-corrected chi connectivity index (χ3v) is 5.78. The van der Waals surface area contributed by atoms with E-state index in [9.17, 15) is 0 Å². The van der Waals surface area contributed by atoms with E-state index in [4.69, 9.17) is 0 Å². The molecule has 0 spiro atoms. The van der Waals surface area contributed by atoms with Gasteiger partial charge in [0.25, 0.3) is 0 Å². The maximum atomic E-state index is 4.26. The fourth-order valence-corrected chi connectivity index (χ4v) is 4.57. The molecule has 0 aromatic carbocycles. The molecule has 118 valence electrons. The van der Waals surface area contributed by atoms with Crippen molar-refractivity contribution in [3.05, 3.63) is 18.0 Å². The standard InChI is InChI=1S/C18H31N3/c1-21-16(12-14-20-21)11-13-19-18-10-6-5-9-17(18)15-7-3-2-4-8-15/h12,14-15,17-19H,2-11,13H2,1H3. The highest BCUT2D eigenvalue weighted by Gasteiger charge is 2.31. The molecule has 0 radical (unpaired) electrons. The Hall–Kier alpha value is -0.830. The molecule has 1 aromatic rings. The van der Waals surface area contributed by atoms with Crippen LogP contribution in [0.1, 0.15) is 63.5 Å². The fourth-order valence-electron chi connectivity index (χ4n) is 4.57. The Morgan fingerprint density at radius 2 is 1.86 bits per heavy atom. The van der Waals surface area contributed by atoms with Crippen LogP contribution in [0.4, 0.5) is 0 Å². The Morgan fingerprint density at radius 1 is 1.10 bits per heavy atom. The van der Waals surface area contributed by atoms with Crippen LogP contribution in [0.15, 0.2) is 12.3 Å². The van der Waals surface area contributed by atoms with Crippen molar-refractivity contribution in [2.45, 2.75) is 70.3 Å². The predicted molar refractivity (Wildman–Crippen MR) is 87.2 cm³/mol. The van der Waals surface area contributed by atoms with Crippen molar-refractivity contribution < 1.29 is 0 Å². The van der Waals surface area contributed by atoms with Gasteiger partial charge < -0.3 is 5.32 Å². The van der Waals surface area contributed by atoms with Crippen molar-refractivity contribution in [2.75, 3.05) is 6.54 Å². The molecule has 2 aliphatic carbocycles. The normalized spacial score (nSPS) is 27.9. The largest absolute Gasteiger partial charge is 0.313 e. The van der Waals surface area contributed by atoms with E-state index in [1.54, 1.807) is 0 Å². The molecule has 1 heterocycles. The molecule has 2 fully saturated rings. The zero-order valence-corrected chi connectivity index (χ0v) is 13.6. The molecule has 3 rings (SSSR count). The first-order valence-corrected chi connectivity index (χ1v) is 9.05. The Balaban J connectivity index is 1.50. The van der Waals surface area contributed by atoms with Gasteiger partial charge in [-0.05, 0) is 30.7 Å². The number of hydrogen-bond donors (Lipinski definition) is 1. The molecule has 0 amide bonds. The van der Waals surface area contributed by atoms with E-state index in [1.807, 2.05) is 17.9 Å². The number of rotatable bonds is 5. The molecular formula is C18H31N3. The highest BCUT2D eigenvalue weighted by atomic mass is 15.3. The lowest BCUT2D eigenvalue weighted by Crippen LogP contribution is -2.43. The second-order valence-electron chi connectivity index (χ2n) is 7.10. The first-order chi connectivity index (χ1) is 10.3. The van der Waals surface area contributed by atoms with Crippen LogP contribution in [-0.2, 0) is 13.5 Å². The van der Waals surface area contributed by atoms with E-state index in [-0.39, 0.29) is 0 Å². The molecule has 21 heavy (non-hydrogen) atoms. The molecule has 0 aliphatic heterocycles. The van der Waals surface area contributed by atoms with Crippen LogP contribution in [-0.4, -0.2) is 22.4 Å². The van der Waals surface area contributed by atoms with Crippen molar-refractivity contribution in [3.63, 3.8) is 0 Å². The van der Waals surface area contributed by atoms with Crippen LogP contribution in [0.25, 0.3) is 0 Å². The number of hydrogen-bond acceptors (Lipinski definition) is 2. The summed E-state index contributed by atoms with van der Waals surface area (Å²) in [5.41, 5.74) is 1.34. The van der Waals surface area contributed by atoms with Gasteiger partial charge in [0.05, 0.1) is 0 Å². The van der Waals surface area contributed by atoms with Gasteiger partial charge in [-0.1, -0.05) is 44.9 Å². The average molecular weight is 289 g/mol. The summed E-state index contributed by atoms with van der Waals surface area (Å²) >= 11 is 0. The van der Waals surface area contributed by atoms with Gasteiger partial charge in [0.1, 0.15) is 0 Å². The summed E-state index contributed by atoms with van der Waals surface area (Å²) in [7, 11) is 2.04. The average Bonchev–Trinajstić information content (AvgIpc) is 2.94. The van der Waals surface area contributed by atoms with Crippen LogP contribution in [0.2, 0.25) is 0 Å². The summed E-state index contributed by atoms with van der Waals surface area (Å²) in [6, 6.07) is 2.91. The third-order valence-electron chi connectivity index (χ3n) is 5.78. The van der Waals surface area contributed by atoms with Gasteiger partial charge in [-0.2, -0.15) is 5.10 Å². The minimum absolute atomic E-state index is 0.773. The molecule has 0 bridgehead atoms. The van der Waals surface area contributed by atoms with E-state index in [0.717, 1.165) is 30.8 Å². The Bertz CT molecular complexity index is 420. The zero-order chi connectivity index (χ0) is 14.5. The fraction of sp³-hybridized carbons (Fsp3) is 0.833. The van der Waals surface area contributed by atoms with E-state index in [1.165, 1.54) is 63.5 Å². The Morgan fingerprint density at radius 3 is 2.62 bits per heavy atom. The van der Waals surface area contributed by atoms with Gasteiger partial charge in [0, 0.05) is 37.9 Å². The van der Waals surface area contributed by atoms with Crippen molar-refractivity contribution in [1.82, 2.24) is 15.1 Å². The third kappa shape index (κ3) is 3.88. The highest BCUT2D eigenvalue weighted by molar-refractivity contribution is 5.00. The number of nitrogens with one attached hydrogen (secondary N) is 1. The summed E-state index contributed by atoms with van der Waals surface area (Å²) < 4.78 is 2.00. The van der Waals surface area contributed by atoms with Gasteiger partial charge in [-0.25, -0.2) is 0 Å². The zero-order valence-electron chi connectivity index (χ0n) is 13.6. The summed E-state index contributed by atoms with van der Waals surface area (Å²) in [5.74, 6) is 1.96.